The maximum atomic E-state index is 11.8. The van der Waals surface area contributed by atoms with Gasteiger partial charge in [0.1, 0.15) is 0 Å². The highest BCUT2D eigenvalue weighted by atomic mass is 79.9. The number of halogens is 2. The minimum atomic E-state index is -0.0673. The Morgan fingerprint density at radius 3 is 2.82 bits per heavy atom. The van der Waals surface area contributed by atoms with E-state index in [0.717, 1.165) is 22.9 Å². The molecule has 0 aromatic heterocycles. The molecule has 17 heavy (non-hydrogen) atoms. The molecule has 1 atom stereocenters. The molecule has 0 saturated carbocycles. The second-order valence-electron chi connectivity index (χ2n) is 4.06. The number of hydrogen-bond donors (Lipinski definition) is 1. The van der Waals surface area contributed by atoms with Crippen LogP contribution >= 0.6 is 27.5 Å². The molecule has 0 radical (unpaired) electrons. The van der Waals surface area contributed by atoms with Crippen LogP contribution in [-0.2, 0) is 0 Å². The van der Waals surface area contributed by atoms with Crippen LogP contribution in [0.4, 0.5) is 0 Å². The molecule has 1 unspecified atom stereocenters. The van der Waals surface area contributed by atoms with E-state index >= 15 is 0 Å². The maximum Gasteiger partial charge on any atom is 0.251 e. The Balaban J connectivity index is 2.55. The summed E-state index contributed by atoms with van der Waals surface area (Å²) in [5.41, 5.74) is 1.72. The van der Waals surface area contributed by atoms with Gasteiger partial charge in [0.2, 0.25) is 0 Å². The SMILES string of the molecule is CCCC(Cl)CNC(=O)c1ccc(Br)c(C)c1. The van der Waals surface area contributed by atoms with Gasteiger partial charge in [0.05, 0.1) is 5.38 Å². The number of nitrogens with one attached hydrogen (secondary N) is 1. The molecule has 94 valence electrons. The molecular formula is C13H17BrClNO. The monoisotopic (exact) mass is 317 g/mol. The van der Waals surface area contributed by atoms with E-state index in [1.54, 1.807) is 6.07 Å². The standard InChI is InChI=1S/C13H17BrClNO/c1-3-4-11(15)8-16-13(17)10-5-6-12(14)9(2)7-10/h5-7,11H,3-4,8H2,1-2H3,(H,16,17). The third-order valence-corrected chi connectivity index (χ3v) is 3.77. The summed E-state index contributed by atoms with van der Waals surface area (Å²) in [4.78, 5) is 11.8. The van der Waals surface area contributed by atoms with E-state index in [4.69, 9.17) is 11.6 Å². The predicted octanol–water partition coefficient (Wildman–Crippen LogP) is 3.89. The fourth-order valence-electron chi connectivity index (χ4n) is 1.51. The van der Waals surface area contributed by atoms with Gasteiger partial charge in [-0.2, -0.15) is 0 Å². The summed E-state index contributed by atoms with van der Waals surface area (Å²) in [7, 11) is 0. The van der Waals surface area contributed by atoms with E-state index in [0.29, 0.717) is 12.1 Å². The highest BCUT2D eigenvalue weighted by molar-refractivity contribution is 9.10. The summed E-state index contributed by atoms with van der Waals surface area (Å²) in [5, 5.41) is 2.86. The van der Waals surface area contributed by atoms with Crippen molar-refractivity contribution in [1.29, 1.82) is 0 Å². The van der Waals surface area contributed by atoms with E-state index in [-0.39, 0.29) is 11.3 Å². The molecule has 0 saturated heterocycles. The molecule has 0 aliphatic carbocycles. The lowest BCUT2D eigenvalue weighted by Crippen LogP contribution is -2.29. The van der Waals surface area contributed by atoms with Crippen LogP contribution in [0.1, 0.15) is 35.7 Å². The first-order chi connectivity index (χ1) is 8.04. The molecule has 1 N–H and O–H groups in total. The number of carbonyl (C=O) groups is 1. The van der Waals surface area contributed by atoms with Crippen molar-refractivity contribution < 1.29 is 4.79 Å². The van der Waals surface area contributed by atoms with E-state index in [2.05, 4.69) is 28.2 Å². The van der Waals surface area contributed by atoms with E-state index in [1.165, 1.54) is 0 Å². The van der Waals surface area contributed by atoms with Gasteiger partial charge in [-0.15, -0.1) is 11.6 Å². The third kappa shape index (κ3) is 4.68. The van der Waals surface area contributed by atoms with Crippen molar-refractivity contribution in [2.75, 3.05) is 6.54 Å². The van der Waals surface area contributed by atoms with E-state index in [9.17, 15) is 4.79 Å². The molecule has 1 amide bonds. The lowest BCUT2D eigenvalue weighted by atomic mass is 10.1. The summed E-state index contributed by atoms with van der Waals surface area (Å²) >= 11 is 9.46. The fraction of sp³-hybridized carbons (Fsp3) is 0.462. The minimum Gasteiger partial charge on any atom is -0.351 e. The van der Waals surface area contributed by atoms with Crippen LogP contribution in [0, 0.1) is 6.92 Å². The van der Waals surface area contributed by atoms with E-state index < -0.39 is 0 Å². The molecule has 0 bridgehead atoms. The number of rotatable bonds is 5. The van der Waals surface area contributed by atoms with Gasteiger partial charge in [0, 0.05) is 16.6 Å². The molecule has 4 heteroatoms. The van der Waals surface area contributed by atoms with Crippen LogP contribution in [0.25, 0.3) is 0 Å². The zero-order valence-electron chi connectivity index (χ0n) is 10.1. The summed E-state index contributed by atoms with van der Waals surface area (Å²) in [5.74, 6) is -0.0673. The first-order valence-electron chi connectivity index (χ1n) is 5.73. The fourth-order valence-corrected chi connectivity index (χ4v) is 2.05. The Morgan fingerprint density at radius 2 is 2.24 bits per heavy atom. The zero-order chi connectivity index (χ0) is 12.8. The van der Waals surface area contributed by atoms with Crippen molar-refractivity contribution in [2.24, 2.45) is 0 Å². The molecule has 2 nitrogen and oxygen atoms in total. The molecule has 1 aromatic rings. The van der Waals surface area contributed by atoms with Gasteiger partial charge in [-0.25, -0.2) is 0 Å². The summed E-state index contributed by atoms with van der Waals surface area (Å²) in [6, 6.07) is 5.55. The number of benzene rings is 1. The quantitative estimate of drug-likeness (QED) is 0.820. The molecule has 0 fully saturated rings. The Morgan fingerprint density at radius 1 is 1.53 bits per heavy atom. The van der Waals surface area contributed by atoms with E-state index in [1.807, 2.05) is 19.1 Å². The lowest BCUT2D eigenvalue weighted by Gasteiger charge is -2.10. The summed E-state index contributed by atoms with van der Waals surface area (Å²) in [6.45, 7) is 4.56. The molecule has 0 heterocycles. The van der Waals surface area contributed by atoms with Gasteiger partial charge in [-0.1, -0.05) is 29.3 Å². The van der Waals surface area contributed by atoms with Crippen LogP contribution in [-0.4, -0.2) is 17.8 Å². The van der Waals surface area contributed by atoms with Gasteiger partial charge in [0.25, 0.3) is 5.91 Å². The molecule has 1 aromatic carbocycles. The highest BCUT2D eigenvalue weighted by Gasteiger charge is 2.09. The molecule has 0 spiro atoms. The van der Waals surface area contributed by atoms with Crippen molar-refractivity contribution in [3.05, 3.63) is 33.8 Å². The first-order valence-corrected chi connectivity index (χ1v) is 6.96. The molecule has 0 aliphatic rings. The van der Waals surface area contributed by atoms with Crippen LogP contribution in [0.3, 0.4) is 0 Å². The number of hydrogen-bond acceptors (Lipinski definition) is 1. The number of aryl methyl sites for hydroxylation is 1. The molecule has 0 aliphatic heterocycles. The average Bonchev–Trinajstić information content (AvgIpc) is 2.30. The number of alkyl halides is 1. The summed E-state index contributed by atoms with van der Waals surface area (Å²) < 4.78 is 1.01. The van der Waals surface area contributed by atoms with Gasteiger partial charge in [-0.3, -0.25) is 4.79 Å². The van der Waals surface area contributed by atoms with Crippen LogP contribution in [0.5, 0.6) is 0 Å². The molecule has 1 rings (SSSR count). The maximum absolute atomic E-state index is 11.8. The largest absolute Gasteiger partial charge is 0.351 e. The second-order valence-corrected chi connectivity index (χ2v) is 5.53. The Bertz CT molecular complexity index is 395. The van der Waals surface area contributed by atoms with Crippen molar-refractivity contribution in [3.63, 3.8) is 0 Å². The lowest BCUT2D eigenvalue weighted by molar-refractivity contribution is 0.0953. The van der Waals surface area contributed by atoms with Crippen molar-refractivity contribution in [2.45, 2.75) is 32.1 Å². The van der Waals surface area contributed by atoms with Crippen molar-refractivity contribution in [3.8, 4) is 0 Å². The minimum absolute atomic E-state index is 0.0143. The second kappa shape index (κ2) is 7.02. The van der Waals surface area contributed by atoms with Crippen molar-refractivity contribution in [1.82, 2.24) is 5.32 Å². The van der Waals surface area contributed by atoms with Crippen LogP contribution < -0.4 is 5.32 Å². The Kier molecular flexibility index (Phi) is 6.00. The van der Waals surface area contributed by atoms with Gasteiger partial charge in [0.15, 0.2) is 0 Å². The number of carbonyl (C=O) groups excluding carboxylic acids is 1. The van der Waals surface area contributed by atoms with Gasteiger partial charge < -0.3 is 5.32 Å². The zero-order valence-corrected chi connectivity index (χ0v) is 12.4. The average molecular weight is 319 g/mol. The normalized spacial score (nSPS) is 12.2. The number of amides is 1. The summed E-state index contributed by atoms with van der Waals surface area (Å²) in [6.07, 6.45) is 1.95. The third-order valence-electron chi connectivity index (χ3n) is 2.51. The Labute approximate surface area is 116 Å². The smallest absolute Gasteiger partial charge is 0.251 e. The van der Waals surface area contributed by atoms with Crippen LogP contribution in [0.15, 0.2) is 22.7 Å². The highest BCUT2D eigenvalue weighted by Crippen LogP contribution is 2.17. The van der Waals surface area contributed by atoms with Crippen LogP contribution in [0.2, 0.25) is 0 Å². The first kappa shape index (κ1) is 14.5. The van der Waals surface area contributed by atoms with Gasteiger partial charge in [-0.05, 0) is 37.1 Å². The van der Waals surface area contributed by atoms with Crippen molar-refractivity contribution >= 4 is 33.4 Å². The van der Waals surface area contributed by atoms with Gasteiger partial charge >= 0.3 is 0 Å². The molecular weight excluding hydrogens is 302 g/mol. The topological polar surface area (TPSA) is 29.1 Å². The predicted molar refractivity (Wildman–Crippen MR) is 75.8 cm³/mol. The Hall–Kier alpha value is -0.540.